The molecule has 1 N–H and O–H groups in total. The number of hydrogen-bond donors (Lipinski definition) is 1. The van der Waals surface area contributed by atoms with Gasteiger partial charge in [0.1, 0.15) is 11.5 Å². The van der Waals surface area contributed by atoms with E-state index in [2.05, 4.69) is 29.1 Å². The number of amides is 1. The summed E-state index contributed by atoms with van der Waals surface area (Å²) >= 11 is 0. The molecule has 1 aromatic heterocycles. The Morgan fingerprint density at radius 1 is 1.28 bits per heavy atom. The fourth-order valence-electron chi connectivity index (χ4n) is 2.56. The number of nitrogens with one attached hydrogen (secondary N) is 1. The molecule has 1 aromatic rings. The van der Waals surface area contributed by atoms with E-state index >= 15 is 0 Å². The summed E-state index contributed by atoms with van der Waals surface area (Å²) in [5.41, 5.74) is 0.426. The van der Waals surface area contributed by atoms with Crippen molar-refractivity contribution in [2.45, 2.75) is 20.3 Å². The van der Waals surface area contributed by atoms with Gasteiger partial charge in [0.15, 0.2) is 0 Å². The van der Waals surface area contributed by atoms with Crippen molar-refractivity contribution in [2.75, 3.05) is 25.5 Å². The molecule has 2 heterocycles. The summed E-state index contributed by atoms with van der Waals surface area (Å²) in [5.74, 6) is 1.78. The number of carbonyl (C=O) groups is 1. The smallest absolute Gasteiger partial charge is 0.274 e. The van der Waals surface area contributed by atoms with Crippen LogP contribution in [0, 0.1) is 11.8 Å². The van der Waals surface area contributed by atoms with Crippen molar-refractivity contribution in [3.63, 3.8) is 0 Å². The Bertz CT molecular complexity index is 408. The van der Waals surface area contributed by atoms with E-state index in [1.165, 1.54) is 12.6 Å². The van der Waals surface area contributed by atoms with Crippen molar-refractivity contribution in [1.29, 1.82) is 0 Å². The SMILES string of the molecule is CNc1cnc(C(=O)N2CC(C)CC(C)C2)cn1. The van der Waals surface area contributed by atoms with Gasteiger partial charge in [-0.25, -0.2) is 9.97 Å². The molecule has 0 aromatic carbocycles. The lowest BCUT2D eigenvalue weighted by molar-refractivity contribution is 0.0617. The van der Waals surface area contributed by atoms with Gasteiger partial charge in [0.25, 0.3) is 5.91 Å². The number of likely N-dealkylation sites (tertiary alicyclic amines) is 1. The predicted molar refractivity (Wildman–Crippen MR) is 70.4 cm³/mol. The van der Waals surface area contributed by atoms with Gasteiger partial charge in [-0.3, -0.25) is 4.79 Å². The lowest BCUT2D eigenvalue weighted by atomic mass is 9.92. The Hall–Kier alpha value is -1.65. The zero-order valence-corrected chi connectivity index (χ0v) is 11.2. The first-order chi connectivity index (χ1) is 8.60. The third kappa shape index (κ3) is 2.78. The van der Waals surface area contributed by atoms with Crippen LogP contribution in [0.5, 0.6) is 0 Å². The minimum atomic E-state index is -0.0106. The monoisotopic (exact) mass is 248 g/mol. The van der Waals surface area contributed by atoms with E-state index in [0.29, 0.717) is 23.3 Å². The second kappa shape index (κ2) is 5.33. The summed E-state index contributed by atoms with van der Waals surface area (Å²) in [6, 6.07) is 0. The molecule has 5 heteroatoms. The Kier molecular flexibility index (Phi) is 3.79. The van der Waals surface area contributed by atoms with E-state index in [1.54, 1.807) is 13.2 Å². The van der Waals surface area contributed by atoms with Gasteiger partial charge in [0.05, 0.1) is 12.4 Å². The van der Waals surface area contributed by atoms with Gasteiger partial charge < -0.3 is 10.2 Å². The minimum absolute atomic E-state index is 0.0106. The van der Waals surface area contributed by atoms with Crippen LogP contribution < -0.4 is 5.32 Å². The van der Waals surface area contributed by atoms with Crippen molar-refractivity contribution in [3.05, 3.63) is 18.1 Å². The van der Waals surface area contributed by atoms with Gasteiger partial charge in [0, 0.05) is 20.1 Å². The van der Waals surface area contributed by atoms with Crippen LogP contribution in [0.15, 0.2) is 12.4 Å². The van der Waals surface area contributed by atoms with E-state index < -0.39 is 0 Å². The van der Waals surface area contributed by atoms with Crippen molar-refractivity contribution >= 4 is 11.7 Å². The first kappa shape index (κ1) is 12.8. The zero-order chi connectivity index (χ0) is 13.1. The van der Waals surface area contributed by atoms with Crippen LogP contribution in [0.25, 0.3) is 0 Å². The highest BCUT2D eigenvalue weighted by Gasteiger charge is 2.26. The summed E-state index contributed by atoms with van der Waals surface area (Å²) in [7, 11) is 1.78. The third-order valence-electron chi connectivity index (χ3n) is 3.28. The van der Waals surface area contributed by atoms with Crippen LogP contribution >= 0.6 is 0 Å². The summed E-state index contributed by atoms with van der Waals surface area (Å²) in [6.07, 6.45) is 4.32. The zero-order valence-electron chi connectivity index (χ0n) is 11.2. The number of nitrogens with zero attached hydrogens (tertiary/aromatic N) is 3. The molecule has 18 heavy (non-hydrogen) atoms. The van der Waals surface area contributed by atoms with E-state index in [0.717, 1.165) is 13.1 Å². The Morgan fingerprint density at radius 2 is 1.94 bits per heavy atom. The summed E-state index contributed by atoms with van der Waals surface area (Å²) in [4.78, 5) is 22.5. The topological polar surface area (TPSA) is 58.1 Å². The molecular weight excluding hydrogens is 228 g/mol. The number of piperidine rings is 1. The fourth-order valence-corrected chi connectivity index (χ4v) is 2.56. The van der Waals surface area contributed by atoms with Crippen LogP contribution in [-0.2, 0) is 0 Å². The van der Waals surface area contributed by atoms with Gasteiger partial charge in [-0.1, -0.05) is 13.8 Å². The highest BCUT2D eigenvalue weighted by atomic mass is 16.2. The second-order valence-electron chi connectivity index (χ2n) is 5.19. The molecular formula is C13H20N4O. The van der Waals surface area contributed by atoms with E-state index in [9.17, 15) is 4.79 Å². The highest BCUT2D eigenvalue weighted by molar-refractivity contribution is 5.92. The molecule has 2 rings (SSSR count). The van der Waals surface area contributed by atoms with Gasteiger partial charge in [-0.05, 0) is 18.3 Å². The highest BCUT2D eigenvalue weighted by Crippen LogP contribution is 2.22. The molecule has 5 nitrogen and oxygen atoms in total. The Balaban J connectivity index is 2.09. The molecule has 1 aliphatic rings. The maximum absolute atomic E-state index is 12.3. The molecule has 0 aliphatic carbocycles. The van der Waals surface area contributed by atoms with Crippen LogP contribution in [0.2, 0.25) is 0 Å². The summed E-state index contributed by atoms with van der Waals surface area (Å²) < 4.78 is 0. The number of aromatic nitrogens is 2. The maximum Gasteiger partial charge on any atom is 0.274 e. The molecule has 0 bridgehead atoms. The predicted octanol–water partition coefficient (Wildman–Crippen LogP) is 1.64. The average Bonchev–Trinajstić information content (AvgIpc) is 2.37. The molecule has 98 valence electrons. The van der Waals surface area contributed by atoms with Crippen molar-refractivity contribution in [3.8, 4) is 0 Å². The number of rotatable bonds is 2. The van der Waals surface area contributed by atoms with E-state index in [4.69, 9.17) is 0 Å². The van der Waals surface area contributed by atoms with E-state index in [1.807, 2.05) is 4.90 Å². The van der Waals surface area contributed by atoms with Gasteiger partial charge in [0.2, 0.25) is 0 Å². The lowest BCUT2D eigenvalue weighted by Gasteiger charge is -2.34. The number of carbonyl (C=O) groups excluding carboxylic acids is 1. The van der Waals surface area contributed by atoms with Crippen LogP contribution in [0.1, 0.15) is 30.8 Å². The molecule has 0 saturated carbocycles. The number of hydrogen-bond acceptors (Lipinski definition) is 4. The van der Waals surface area contributed by atoms with Crippen molar-refractivity contribution in [2.24, 2.45) is 11.8 Å². The second-order valence-corrected chi connectivity index (χ2v) is 5.19. The molecule has 1 amide bonds. The first-order valence-corrected chi connectivity index (χ1v) is 6.39. The average molecular weight is 248 g/mol. The van der Waals surface area contributed by atoms with Crippen LogP contribution in [-0.4, -0.2) is 40.9 Å². The summed E-state index contributed by atoms with van der Waals surface area (Å²) in [6.45, 7) is 6.01. The van der Waals surface area contributed by atoms with E-state index in [-0.39, 0.29) is 5.91 Å². The third-order valence-corrected chi connectivity index (χ3v) is 3.28. The molecule has 2 atom stereocenters. The lowest BCUT2D eigenvalue weighted by Crippen LogP contribution is -2.42. The minimum Gasteiger partial charge on any atom is -0.372 e. The quantitative estimate of drug-likeness (QED) is 0.864. The van der Waals surface area contributed by atoms with Crippen molar-refractivity contribution in [1.82, 2.24) is 14.9 Å². The fraction of sp³-hybridized carbons (Fsp3) is 0.615. The molecule has 0 radical (unpaired) electrons. The molecule has 2 unspecified atom stereocenters. The standard InChI is InChI=1S/C13H20N4O/c1-9-4-10(2)8-17(7-9)13(18)11-5-16-12(14-3)6-15-11/h5-6,9-10H,4,7-8H2,1-3H3,(H,14,16). The van der Waals surface area contributed by atoms with Gasteiger partial charge >= 0.3 is 0 Å². The maximum atomic E-state index is 12.3. The molecule has 0 spiro atoms. The van der Waals surface area contributed by atoms with Crippen LogP contribution in [0.4, 0.5) is 5.82 Å². The number of anilines is 1. The molecule has 1 fully saturated rings. The molecule has 1 saturated heterocycles. The largest absolute Gasteiger partial charge is 0.372 e. The van der Waals surface area contributed by atoms with Gasteiger partial charge in [-0.15, -0.1) is 0 Å². The summed E-state index contributed by atoms with van der Waals surface area (Å²) in [5, 5.41) is 2.89. The van der Waals surface area contributed by atoms with Gasteiger partial charge in [-0.2, -0.15) is 0 Å². The normalized spacial score (nSPS) is 23.8. The van der Waals surface area contributed by atoms with Crippen molar-refractivity contribution < 1.29 is 4.79 Å². The first-order valence-electron chi connectivity index (χ1n) is 6.39. The molecule has 1 aliphatic heterocycles. The Labute approximate surface area is 108 Å². The van der Waals surface area contributed by atoms with Crippen LogP contribution in [0.3, 0.4) is 0 Å². The Morgan fingerprint density at radius 3 is 2.44 bits per heavy atom.